The Morgan fingerprint density at radius 3 is 2.33 bits per heavy atom. The standard InChI is InChI=1S/C15H18Cl2N2O2/c1-18-15(21)10-5-7-19(8-6-10)14(20)9-11-12(16)3-2-4-13(11)17/h2-4,10H,5-9H2,1H3,(H,18,21). The van der Waals surface area contributed by atoms with Crippen molar-refractivity contribution in [1.82, 2.24) is 10.2 Å². The number of amides is 2. The number of carbonyl (C=O) groups is 2. The first-order valence-corrected chi connectivity index (χ1v) is 7.70. The number of halogens is 2. The molecule has 0 aliphatic carbocycles. The second kappa shape index (κ2) is 7.14. The SMILES string of the molecule is CNC(=O)C1CCN(C(=O)Cc2c(Cl)cccc2Cl)CC1. The average molecular weight is 329 g/mol. The molecule has 1 saturated heterocycles. The zero-order valence-electron chi connectivity index (χ0n) is 11.9. The summed E-state index contributed by atoms with van der Waals surface area (Å²) in [4.78, 5) is 25.7. The van der Waals surface area contributed by atoms with Crippen molar-refractivity contribution in [2.24, 2.45) is 5.92 Å². The lowest BCUT2D eigenvalue weighted by Gasteiger charge is -2.31. The number of nitrogens with one attached hydrogen (secondary N) is 1. The maximum Gasteiger partial charge on any atom is 0.227 e. The smallest absolute Gasteiger partial charge is 0.227 e. The third-order valence-corrected chi connectivity index (χ3v) is 4.56. The Balaban J connectivity index is 1.95. The molecule has 1 fully saturated rings. The Labute approximate surface area is 134 Å². The summed E-state index contributed by atoms with van der Waals surface area (Å²) >= 11 is 12.2. The van der Waals surface area contributed by atoms with Crippen molar-refractivity contribution >= 4 is 35.0 Å². The van der Waals surface area contributed by atoms with Crippen LogP contribution in [-0.2, 0) is 16.0 Å². The number of rotatable bonds is 3. The van der Waals surface area contributed by atoms with Gasteiger partial charge in [0.1, 0.15) is 0 Å². The first-order chi connectivity index (χ1) is 10.0. The van der Waals surface area contributed by atoms with Crippen LogP contribution in [0.15, 0.2) is 18.2 Å². The van der Waals surface area contributed by atoms with E-state index < -0.39 is 0 Å². The van der Waals surface area contributed by atoms with Gasteiger partial charge >= 0.3 is 0 Å². The van der Waals surface area contributed by atoms with Crippen molar-refractivity contribution in [3.63, 3.8) is 0 Å². The largest absolute Gasteiger partial charge is 0.359 e. The maximum atomic E-state index is 12.3. The molecule has 1 N–H and O–H groups in total. The molecule has 0 unspecified atom stereocenters. The molecule has 2 amide bonds. The van der Waals surface area contributed by atoms with Crippen molar-refractivity contribution in [1.29, 1.82) is 0 Å². The zero-order chi connectivity index (χ0) is 15.4. The fourth-order valence-corrected chi connectivity index (χ4v) is 3.09. The minimum Gasteiger partial charge on any atom is -0.359 e. The first-order valence-electron chi connectivity index (χ1n) is 6.95. The number of hydrogen-bond acceptors (Lipinski definition) is 2. The van der Waals surface area contributed by atoms with E-state index in [1.807, 2.05) is 0 Å². The van der Waals surface area contributed by atoms with Crippen LogP contribution in [0.5, 0.6) is 0 Å². The van der Waals surface area contributed by atoms with Crippen molar-refractivity contribution in [2.75, 3.05) is 20.1 Å². The summed E-state index contributed by atoms with van der Waals surface area (Å²) < 4.78 is 0. The van der Waals surface area contributed by atoms with Crippen LogP contribution in [0.4, 0.5) is 0 Å². The van der Waals surface area contributed by atoms with Gasteiger partial charge in [-0.05, 0) is 30.5 Å². The predicted molar refractivity (Wildman–Crippen MR) is 83.5 cm³/mol. The Morgan fingerprint density at radius 2 is 1.81 bits per heavy atom. The summed E-state index contributed by atoms with van der Waals surface area (Å²) in [6, 6.07) is 5.22. The molecular formula is C15H18Cl2N2O2. The van der Waals surface area contributed by atoms with E-state index in [1.165, 1.54) is 0 Å². The highest BCUT2D eigenvalue weighted by molar-refractivity contribution is 6.36. The lowest BCUT2D eigenvalue weighted by molar-refractivity contribution is -0.134. The van der Waals surface area contributed by atoms with Crippen LogP contribution in [0.2, 0.25) is 10.0 Å². The Kier molecular flexibility index (Phi) is 5.48. The topological polar surface area (TPSA) is 49.4 Å². The third kappa shape index (κ3) is 3.89. The number of carbonyl (C=O) groups excluding carboxylic acids is 2. The van der Waals surface area contributed by atoms with Crippen LogP contribution in [-0.4, -0.2) is 36.9 Å². The summed E-state index contributed by atoms with van der Waals surface area (Å²) in [5.74, 6) is 0.0551. The van der Waals surface area contributed by atoms with Crippen molar-refractivity contribution in [3.8, 4) is 0 Å². The predicted octanol–water partition coefficient (Wildman–Crippen LogP) is 2.52. The Morgan fingerprint density at radius 1 is 1.24 bits per heavy atom. The molecule has 1 aromatic carbocycles. The van der Waals surface area contributed by atoms with Gasteiger partial charge < -0.3 is 10.2 Å². The van der Waals surface area contributed by atoms with Crippen molar-refractivity contribution in [3.05, 3.63) is 33.8 Å². The molecule has 1 aliphatic heterocycles. The minimum atomic E-state index is 0.000330. The summed E-state index contributed by atoms with van der Waals surface area (Å²) in [6.07, 6.45) is 1.59. The van der Waals surface area contributed by atoms with Gasteiger partial charge in [-0.15, -0.1) is 0 Å². The number of benzene rings is 1. The van der Waals surface area contributed by atoms with Gasteiger partial charge in [0.05, 0.1) is 6.42 Å². The average Bonchev–Trinajstić information content (AvgIpc) is 2.50. The van der Waals surface area contributed by atoms with Gasteiger partial charge in [-0.3, -0.25) is 9.59 Å². The van der Waals surface area contributed by atoms with Crippen LogP contribution >= 0.6 is 23.2 Å². The monoisotopic (exact) mass is 328 g/mol. The van der Waals surface area contributed by atoms with E-state index in [0.29, 0.717) is 41.5 Å². The zero-order valence-corrected chi connectivity index (χ0v) is 13.4. The van der Waals surface area contributed by atoms with E-state index in [9.17, 15) is 9.59 Å². The van der Waals surface area contributed by atoms with Crippen LogP contribution in [0.3, 0.4) is 0 Å². The summed E-state index contributed by atoms with van der Waals surface area (Å²) in [5, 5.41) is 3.68. The van der Waals surface area contributed by atoms with E-state index in [0.717, 1.165) is 0 Å². The van der Waals surface area contributed by atoms with Gasteiger partial charge in [0.25, 0.3) is 0 Å². The van der Waals surface area contributed by atoms with Gasteiger partial charge in [-0.2, -0.15) is 0 Å². The molecule has 21 heavy (non-hydrogen) atoms. The Hall–Kier alpha value is -1.26. The molecule has 1 aromatic rings. The molecule has 0 spiro atoms. The van der Waals surface area contributed by atoms with E-state index >= 15 is 0 Å². The van der Waals surface area contributed by atoms with E-state index in [2.05, 4.69) is 5.32 Å². The highest BCUT2D eigenvalue weighted by Crippen LogP contribution is 2.26. The molecule has 0 radical (unpaired) electrons. The highest BCUT2D eigenvalue weighted by atomic mass is 35.5. The molecule has 1 aliphatic rings. The van der Waals surface area contributed by atoms with Crippen LogP contribution < -0.4 is 5.32 Å². The molecular weight excluding hydrogens is 311 g/mol. The molecule has 1 heterocycles. The number of piperidine rings is 1. The Bertz CT molecular complexity index is 520. The molecule has 0 saturated carbocycles. The van der Waals surface area contributed by atoms with Gasteiger partial charge in [0.2, 0.25) is 11.8 Å². The highest BCUT2D eigenvalue weighted by Gasteiger charge is 2.27. The molecule has 6 heteroatoms. The van der Waals surface area contributed by atoms with Gasteiger partial charge in [-0.25, -0.2) is 0 Å². The molecule has 114 valence electrons. The van der Waals surface area contributed by atoms with Crippen LogP contribution in [0.1, 0.15) is 18.4 Å². The van der Waals surface area contributed by atoms with Gasteiger partial charge in [0, 0.05) is 36.1 Å². The molecule has 0 bridgehead atoms. The molecule has 0 aromatic heterocycles. The van der Waals surface area contributed by atoms with Crippen LogP contribution in [0, 0.1) is 5.92 Å². The lowest BCUT2D eigenvalue weighted by Crippen LogP contribution is -2.43. The number of nitrogens with zero attached hydrogens (tertiary/aromatic N) is 1. The van der Waals surface area contributed by atoms with Crippen LogP contribution in [0.25, 0.3) is 0 Å². The summed E-state index contributed by atoms with van der Waals surface area (Å²) in [6.45, 7) is 1.19. The molecule has 4 nitrogen and oxygen atoms in total. The lowest BCUT2D eigenvalue weighted by atomic mass is 9.95. The first kappa shape index (κ1) is 16.1. The molecule has 2 rings (SSSR count). The fraction of sp³-hybridized carbons (Fsp3) is 0.467. The van der Waals surface area contributed by atoms with E-state index in [-0.39, 0.29) is 24.2 Å². The number of likely N-dealkylation sites (tertiary alicyclic amines) is 1. The fourth-order valence-electron chi connectivity index (χ4n) is 2.56. The van der Waals surface area contributed by atoms with Crippen molar-refractivity contribution in [2.45, 2.75) is 19.3 Å². The van der Waals surface area contributed by atoms with E-state index in [1.54, 1.807) is 30.1 Å². The second-order valence-electron chi connectivity index (χ2n) is 5.15. The number of hydrogen-bond donors (Lipinski definition) is 1. The summed E-state index contributed by atoms with van der Waals surface area (Å²) in [7, 11) is 1.64. The van der Waals surface area contributed by atoms with E-state index in [4.69, 9.17) is 23.2 Å². The minimum absolute atomic E-state index is 0.000330. The maximum absolute atomic E-state index is 12.3. The van der Waals surface area contributed by atoms with Crippen molar-refractivity contribution < 1.29 is 9.59 Å². The second-order valence-corrected chi connectivity index (χ2v) is 5.96. The quantitative estimate of drug-likeness (QED) is 0.926. The summed E-state index contributed by atoms with van der Waals surface area (Å²) in [5.41, 5.74) is 0.666. The normalized spacial score (nSPS) is 15.9. The van der Waals surface area contributed by atoms with Gasteiger partial charge in [-0.1, -0.05) is 29.3 Å². The third-order valence-electron chi connectivity index (χ3n) is 3.85. The molecule has 0 atom stereocenters. The van der Waals surface area contributed by atoms with Gasteiger partial charge in [0.15, 0.2) is 0 Å².